The molecule has 0 fully saturated rings. The molecule has 0 aliphatic heterocycles. The van der Waals surface area contributed by atoms with E-state index in [-0.39, 0.29) is 0 Å². The summed E-state index contributed by atoms with van der Waals surface area (Å²) in [7, 11) is -3.29. The van der Waals surface area contributed by atoms with Crippen LogP contribution in [0.25, 0.3) is 0 Å². The largest absolute Gasteiger partial charge is 0.320 e. The molecule has 0 aliphatic carbocycles. The van der Waals surface area contributed by atoms with E-state index in [9.17, 15) is 0 Å². The Labute approximate surface area is 207 Å². The third-order valence-corrected chi connectivity index (χ3v) is 9.21. The molecule has 178 valence electrons. The molecule has 0 N–H and O–H groups in total. The van der Waals surface area contributed by atoms with Gasteiger partial charge in [0.15, 0.2) is 16.5 Å². The lowest BCUT2D eigenvalue weighted by molar-refractivity contribution is 0.446. The number of benzene rings is 3. The lowest BCUT2D eigenvalue weighted by Gasteiger charge is -2.32. The molecule has 6 heteroatoms. The molecular formula is C28H38N4Si2. The van der Waals surface area contributed by atoms with Crippen molar-refractivity contribution in [1.82, 2.24) is 9.35 Å². The van der Waals surface area contributed by atoms with E-state index < -0.39 is 16.5 Å². The second kappa shape index (κ2) is 11.4. The van der Waals surface area contributed by atoms with E-state index in [1.54, 1.807) is 0 Å². The van der Waals surface area contributed by atoms with Gasteiger partial charge in [0.1, 0.15) is 0 Å². The van der Waals surface area contributed by atoms with Crippen molar-refractivity contribution in [3.63, 3.8) is 0 Å². The minimum Gasteiger partial charge on any atom is -0.320 e. The maximum atomic E-state index is 4.97. The summed E-state index contributed by atoms with van der Waals surface area (Å²) in [6, 6.07) is 29.5. The second-order valence-electron chi connectivity index (χ2n) is 10.5. The third-order valence-electron chi connectivity index (χ3n) is 5.57. The molecular weight excluding hydrogens is 449 g/mol. The zero-order chi connectivity index (χ0) is 24.6. The summed E-state index contributed by atoms with van der Waals surface area (Å²) in [5, 5.41) is 9.94. The van der Waals surface area contributed by atoms with Crippen LogP contribution in [-0.4, -0.2) is 38.2 Å². The molecule has 34 heavy (non-hydrogen) atoms. The standard InChI is InChI=1S/C28H38N4Si2/c1-33(2,3)31(23-25-15-9-7-10-16-25)29-21-27-19-13-14-20-28(27)22-30-32(34(4,5)6)24-26-17-11-8-12-18-26/h7-22H,23-24H2,1-6H3. The fraction of sp³-hybridized carbons (Fsp3) is 0.286. The van der Waals surface area contributed by atoms with Crippen LogP contribution in [0, 0.1) is 0 Å². The Morgan fingerprint density at radius 3 is 1.18 bits per heavy atom. The SMILES string of the molecule is C[Si](C)(C)N(Cc1ccccc1)N=Cc1ccccc1C=NN(Cc1ccccc1)[Si](C)(C)C. The van der Waals surface area contributed by atoms with Gasteiger partial charge in [-0.2, -0.15) is 10.2 Å². The molecule has 0 radical (unpaired) electrons. The van der Waals surface area contributed by atoms with Crippen LogP contribution in [0.15, 0.2) is 95.1 Å². The van der Waals surface area contributed by atoms with Crippen molar-refractivity contribution in [1.29, 1.82) is 0 Å². The van der Waals surface area contributed by atoms with E-state index >= 15 is 0 Å². The first-order valence-electron chi connectivity index (χ1n) is 11.9. The van der Waals surface area contributed by atoms with Crippen molar-refractivity contribution in [2.24, 2.45) is 10.2 Å². The summed E-state index contributed by atoms with van der Waals surface area (Å²) in [6.45, 7) is 15.6. The molecule has 0 spiro atoms. The van der Waals surface area contributed by atoms with Gasteiger partial charge in [0.05, 0.1) is 25.5 Å². The first-order valence-corrected chi connectivity index (χ1v) is 18.8. The quantitative estimate of drug-likeness (QED) is 0.175. The zero-order valence-electron chi connectivity index (χ0n) is 21.4. The van der Waals surface area contributed by atoms with Gasteiger partial charge in [-0.3, -0.25) is 0 Å². The topological polar surface area (TPSA) is 31.2 Å². The van der Waals surface area contributed by atoms with Crippen molar-refractivity contribution in [2.45, 2.75) is 52.4 Å². The van der Waals surface area contributed by atoms with Gasteiger partial charge in [-0.05, 0) is 11.1 Å². The smallest absolute Gasteiger partial charge is 0.169 e. The molecule has 3 rings (SSSR count). The summed E-state index contributed by atoms with van der Waals surface area (Å²) < 4.78 is 4.56. The Bertz CT molecular complexity index is 996. The van der Waals surface area contributed by atoms with Crippen LogP contribution in [-0.2, 0) is 13.1 Å². The minimum absolute atomic E-state index is 0.823. The molecule has 0 amide bonds. The number of hydrogen-bond acceptors (Lipinski definition) is 4. The monoisotopic (exact) mass is 486 g/mol. The Balaban J connectivity index is 1.83. The van der Waals surface area contributed by atoms with Crippen LogP contribution in [0.5, 0.6) is 0 Å². The Morgan fingerprint density at radius 1 is 0.529 bits per heavy atom. The van der Waals surface area contributed by atoms with E-state index in [1.165, 1.54) is 11.1 Å². The van der Waals surface area contributed by atoms with Gasteiger partial charge in [0.2, 0.25) is 0 Å². The van der Waals surface area contributed by atoms with Crippen molar-refractivity contribution in [2.75, 3.05) is 0 Å². The molecule has 0 atom stereocenters. The Hall–Kier alpha value is -2.97. The highest BCUT2D eigenvalue weighted by atomic mass is 28.3. The van der Waals surface area contributed by atoms with Crippen molar-refractivity contribution in [3.05, 3.63) is 107 Å². The maximum absolute atomic E-state index is 4.97. The summed E-state index contributed by atoms with van der Waals surface area (Å²) in [6.07, 6.45) is 4.00. The molecule has 0 unspecified atom stereocenters. The summed E-state index contributed by atoms with van der Waals surface area (Å²) in [5.74, 6) is 0. The average molecular weight is 487 g/mol. The van der Waals surface area contributed by atoms with Gasteiger partial charge in [-0.15, -0.1) is 0 Å². The normalized spacial score (nSPS) is 12.4. The van der Waals surface area contributed by atoms with Crippen molar-refractivity contribution >= 4 is 28.9 Å². The summed E-state index contributed by atoms with van der Waals surface area (Å²) in [4.78, 5) is 0. The average Bonchev–Trinajstić information content (AvgIpc) is 2.80. The highest BCUT2D eigenvalue weighted by molar-refractivity contribution is 6.73. The van der Waals surface area contributed by atoms with Crippen molar-refractivity contribution in [3.8, 4) is 0 Å². The number of rotatable bonds is 10. The summed E-state index contributed by atoms with van der Waals surface area (Å²) in [5.41, 5.74) is 4.72. The molecule has 0 heterocycles. The van der Waals surface area contributed by atoms with E-state index in [0.29, 0.717) is 0 Å². The maximum Gasteiger partial charge on any atom is 0.169 e. The van der Waals surface area contributed by atoms with Gasteiger partial charge in [-0.1, -0.05) is 124 Å². The molecule has 0 saturated heterocycles. The molecule has 0 bridgehead atoms. The first-order chi connectivity index (χ1) is 16.1. The van der Waals surface area contributed by atoms with Crippen LogP contribution in [0.4, 0.5) is 0 Å². The molecule has 0 aliphatic rings. The van der Waals surface area contributed by atoms with Gasteiger partial charge in [0, 0.05) is 11.1 Å². The molecule has 0 saturated carbocycles. The third kappa shape index (κ3) is 7.82. The lowest BCUT2D eigenvalue weighted by Crippen LogP contribution is -2.42. The van der Waals surface area contributed by atoms with E-state index in [4.69, 9.17) is 10.2 Å². The highest BCUT2D eigenvalue weighted by Crippen LogP contribution is 2.17. The predicted molar refractivity (Wildman–Crippen MR) is 152 cm³/mol. The molecule has 0 aromatic heterocycles. The zero-order valence-corrected chi connectivity index (χ0v) is 23.4. The lowest BCUT2D eigenvalue weighted by atomic mass is 10.1. The number of hydrazone groups is 2. The minimum atomic E-state index is -1.65. The number of nitrogens with zero attached hydrogens (tertiary/aromatic N) is 4. The Morgan fingerprint density at radius 2 is 0.853 bits per heavy atom. The van der Waals surface area contributed by atoms with Crippen LogP contribution in [0.3, 0.4) is 0 Å². The first kappa shape index (κ1) is 25.7. The Kier molecular flexibility index (Phi) is 8.63. The van der Waals surface area contributed by atoms with Crippen LogP contribution < -0.4 is 0 Å². The van der Waals surface area contributed by atoms with E-state index in [2.05, 4.69) is 134 Å². The fourth-order valence-electron chi connectivity index (χ4n) is 3.42. The highest BCUT2D eigenvalue weighted by Gasteiger charge is 2.24. The van der Waals surface area contributed by atoms with Gasteiger partial charge in [-0.25, -0.2) is 0 Å². The second-order valence-corrected chi connectivity index (χ2v) is 20.3. The summed E-state index contributed by atoms with van der Waals surface area (Å²) >= 11 is 0. The van der Waals surface area contributed by atoms with E-state index in [0.717, 1.165) is 24.2 Å². The van der Waals surface area contributed by atoms with Crippen LogP contribution >= 0.6 is 0 Å². The fourth-order valence-corrected chi connectivity index (χ4v) is 5.55. The predicted octanol–water partition coefficient (Wildman–Crippen LogP) is 7.03. The molecule has 4 nitrogen and oxygen atoms in total. The molecule has 3 aromatic carbocycles. The number of hydrogen-bond donors (Lipinski definition) is 0. The molecule has 3 aromatic rings. The van der Waals surface area contributed by atoms with Crippen LogP contribution in [0.2, 0.25) is 39.3 Å². The van der Waals surface area contributed by atoms with E-state index in [1.807, 2.05) is 12.4 Å². The van der Waals surface area contributed by atoms with Gasteiger partial charge in [0.25, 0.3) is 0 Å². The van der Waals surface area contributed by atoms with Crippen LogP contribution in [0.1, 0.15) is 22.3 Å². The van der Waals surface area contributed by atoms with Gasteiger partial charge >= 0.3 is 0 Å². The van der Waals surface area contributed by atoms with Gasteiger partial charge < -0.3 is 9.35 Å². The van der Waals surface area contributed by atoms with Crippen molar-refractivity contribution < 1.29 is 0 Å².